The molecule has 0 spiro atoms. The maximum Gasteiger partial charge on any atom is 0.320 e. The van der Waals surface area contributed by atoms with Crippen molar-refractivity contribution in [2.75, 3.05) is 0 Å². The van der Waals surface area contributed by atoms with Gasteiger partial charge in [-0.25, -0.2) is 0 Å². The van der Waals surface area contributed by atoms with Gasteiger partial charge < -0.3 is 10.4 Å². The van der Waals surface area contributed by atoms with Gasteiger partial charge in [0.15, 0.2) is 0 Å². The van der Waals surface area contributed by atoms with Crippen molar-refractivity contribution < 1.29 is 9.90 Å². The Labute approximate surface area is 60.4 Å². The molecule has 58 valence electrons. The third kappa shape index (κ3) is 1.29. The molecule has 3 atom stereocenters. The van der Waals surface area contributed by atoms with E-state index in [1.807, 2.05) is 13.8 Å². The number of hydrogen-bond donors (Lipinski definition) is 2. The minimum Gasteiger partial charge on any atom is -0.480 e. The molecule has 0 amide bonds. The van der Waals surface area contributed by atoms with Gasteiger partial charge >= 0.3 is 5.97 Å². The summed E-state index contributed by atoms with van der Waals surface area (Å²) in [6.07, 6.45) is 0.969. The van der Waals surface area contributed by atoms with Gasteiger partial charge in [-0.3, -0.25) is 4.79 Å². The minimum atomic E-state index is -0.725. The van der Waals surface area contributed by atoms with E-state index >= 15 is 0 Å². The summed E-state index contributed by atoms with van der Waals surface area (Å²) in [5, 5.41) is 11.6. The molecule has 1 fully saturated rings. The molecular formula is C7H13NO2. The molecule has 3 heteroatoms. The zero-order chi connectivity index (χ0) is 7.72. The van der Waals surface area contributed by atoms with Crippen LogP contribution in [-0.4, -0.2) is 23.2 Å². The van der Waals surface area contributed by atoms with Crippen molar-refractivity contribution in [3.63, 3.8) is 0 Å². The smallest absolute Gasteiger partial charge is 0.320 e. The van der Waals surface area contributed by atoms with Crippen LogP contribution in [0.15, 0.2) is 0 Å². The summed E-state index contributed by atoms with van der Waals surface area (Å²) in [5.41, 5.74) is 0. The number of rotatable bonds is 1. The van der Waals surface area contributed by atoms with Crippen LogP contribution in [0.1, 0.15) is 20.3 Å². The van der Waals surface area contributed by atoms with Crippen molar-refractivity contribution in [2.45, 2.75) is 32.4 Å². The van der Waals surface area contributed by atoms with E-state index in [0.717, 1.165) is 6.42 Å². The Balaban J connectivity index is 2.54. The minimum absolute atomic E-state index is 0.271. The number of carbonyl (C=O) groups is 1. The van der Waals surface area contributed by atoms with Gasteiger partial charge in [-0.1, -0.05) is 6.92 Å². The molecule has 10 heavy (non-hydrogen) atoms. The monoisotopic (exact) mass is 143 g/mol. The first-order valence-electron chi connectivity index (χ1n) is 3.60. The molecular weight excluding hydrogens is 130 g/mol. The molecule has 1 heterocycles. The van der Waals surface area contributed by atoms with Gasteiger partial charge in [-0.05, 0) is 19.3 Å². The Morgan fingerprint density at radius 1 is 1.60 bits per heavy atom. The lowest BCUT2D eigenvalue weighted by Crippen LogP contribution is -2.36. The summed E-state index contributed by atoms with van der Waals surface area (Å²) in [4.78, 5) is 10.5. The fraction of sp³-hybridized carbons (Fsp3) is 0.857. The second-order valence-electron chi connectivity index (χ2n) is 3.10. The van der Waals surface area contributed by atoms with Crippen LogP contribution in [0.25, 0.3) is 0 Å². The van der Waals surface area contributed by atoms with Gasteiger partial charge in [-0.2, -0.15) is 0 Å². The molecule has 0 aliphatic carbocycles. The van der Waals surface area contributed by atoms with E-state index in [2.05, 4.69) is 5.32 Å². The summed E-state index contributed by atoms with van der Waals surface area (Å²) in [5.74, 6) is -0.454. The molecule has 0 aromatic heterocycles. The van der Waals surface area contributed by atoms with Gasteiger partial charge in [0.2, 0.25) is 0 Å². The van der Waals surface area contributed by atoms with E-state index < -0.39 is 5.97 Å². The number of carboxylic acid groups (broad SMARTS) is 1. The molecule has 0 radical (unpaired) electrons. The average molecular weight is 143 g/mol. The van der Waals surface area contributed by atoms with Gasteiger partial charge in [0, 0.05) is 6.04 Å². The van der Waals surface area contributed by atoms with Crippen molar-refractivity contribution in [1.29, 1.82) is 0 Å². The normalized spacial score (nSPS) is 40.0. The zero-order valence-electron chi connectivity index (χ0n) is 6.29. The van der Waals surface area contributed by atoms with Crippen molar-refractivity contribution in [3.05, 3.63) is 0 Å². The molecule has 1 saturated heterocycles. The van der Waals surface area contributed by atoms with Crippen LogP contribution in [0.2, 0.25) is 0 Å². The topological polar surface area (TPSA) is 49.3 Å². The first-order valence-corrected chi connectivity index (χ1v) is 3.60. The lowest BCUT2D eigenvalue weighted by molar-refractivity contribution is -0.140. The van der Waals surface area contributed by atoms with Gasteiger partial charge in [-0.15, -0.1) is 0 Å². The highest BCUT2D eigenvalue weighted by atomic mass is 16.4. The molecule has 0 aromatic carbocycles. The van der Waals surface area contributed by atoms with E-state index in [0.29, 0.717) is 6.04 Å². The summed E-state index contributed by atoms with van der Waals surface area (Å²) < 4.78 is 0. The molecule has 1 aliphatic rings. The zero-order valence-corrected chi connectivity index (χ0v) is 6.29. The lowest BCUT2D eigenvalue weighted by atomic mass is 10.0. The van der Waals surface area contributed by atoms with Crippen LogP contribution in [0.3, 0.4) is 0 Å². The molecule has 0 bridgehead atoms. The summed E-state index contributed by atoms with van der Waals surface area (Å²) >= 11 is 0. The van der Waals surface area contributed by atoms with Crippen LogP contribution in [-0.2, 0) is 4.79 Å². The molecule has 3 nitrogen and oxygen atoms in total. The van der Waals surface area contributed by atoms with E-state index in [4.69, 9.17) is 5.11 Å². The third-order valence-electron chi connectivity index (χ3n) is 2.02. The molecule has 0 aromatic rings. The second-order valence-corrected chi connectivity index (χ2v) is 3.10. The van der Waals surface area contributed by atoms with Crippen LogP contribution < -0.4 is 5.32 Å². The van der Waals surface area contributed by atoms with Crippen LogP contribution in [0.5, 0.6) is 0 Å². The lowest BCUT2D eigenvalue weighted by Gasteiger charge is -2.08. The van der Waals surface area contributed by atoms with Gasteiger partial charge in [0.1, 0.15) is 6.04 Å². The van der Waals surface area contributed by atoms with Crippen molar-refractivity contribution in [3.8, 4) is 0 Å². The SMILES string of the molecule is CC1CC(C)C(C(=O)O)N1. The first kappa shape index (κ1) is 7.54. The number of hydrogen-bond acceptors (Lipinski definition) is 2. The van der Waals surface area contributed by atoms with Crippen molar-refractivity contribution in [2.24, 2.45) is 5.92 Å². The average Bonchev–Trinajstić information content (AvgIpc) is 2.10. The Kier molecular flexibility index (Phi) is 1.94. The van der Waals surface area contributed by atoms with Crippen LogP contribution >= 0.6 is 0 Å². The molecule has 3 unspecified atom stereocenters. The van der Waals surface area contributed by atoms with Crippen LogP contribution in [0.4, 0.5) is 0 Å². The highest BCUT2D eigenvalue weighted by Gasteiger charge is 2.32. The highest BCUT2D eigenvalue weighted by molar-refractivity contribution is 5.74. The Morgan fingerprint density at radius 2 is 2.20 bits per heavy atom. The summed E-state index contributed by atoms with van der Waals surface area (Å²) in [6, 6.07) is 0.0334. The summed E-state index contributed by atoms with van der Waals surface area (Å²) in [7, 11) is 0. The van der Waals surface area contributed by atoms with E-state index in [1.165, 1.54) is 0 Å². The maximum atomic E-state index is 10.5. The Morgan fingerprint density at radius 3 is 2.40 bits per heavy atom. The summed E-state index contributed by atoms with van der Waals surface area (Å²) in [6.45, 7) is 3.98. The number of carboxylic acids is 1. The fourth-order valence-corrected chi connectivity index (χ4v) is 1.55. The predicted molar refractivity (Wildman–Crippen MR) is 37.8 cm³/mol. The standard InChI is InChI=1S/C7H13NO2/c1-4-3-5(2)8-6(4)7(9)10/h4-6,8H,3H2,1-2H3,(H,9,10). The van der Waals surface area contributed by atoms with Crippen molar-refractivity contribution in [1.82, 2.24) is 5.32 Å². The van der Waals surface area contributed by atoms with E-state index in [9.17, 15) is 4.79 Å². The fourth-order valence-electron chi connectivity index (χ4n) is 1.55. The number of aliphatic carboxylic acids is 1. The van der Waals surface area contributed by atoms with Crippen LogP contribution in [0, 0.1) is 5.92 Å². The largest absolute Gasteiger partial charge is 0.480 e. The second kappa shape index (κ2) is 2.58. The predicted octanol–water partition coefficient (Wildman–Crippen LogP) is 0.458. The number of nitrogens with one attached hydrogen (secondary N) is 1. The van der Waals surface area contributed by atoms with Crippen molar-refractivity contribution >= 4 is 5.97 Å². The molecule has 2 N–H and O–H groups in total. The van der Waals surface area contributed by atoms with E-state index in [-0.39, 0.29) is 12.0 Å². The Hall–Kier alpha value is -0.570. The third-order valence-corrected chi connectivity index (χ3v) is 2.02. The first-order chi connectivity index (χ1) is 4.61. The van der Waals surface area contributed by atoms with Gasteiger partial charge in [0.05, 0.1) is 0 Å². The Bertz CT molecular complexity index is 147. The molecule has 1 rings (SSSR count). The molecule has 0 saturated carbocycles. The van der Waals surface area contributed by atoms with E-state index in [1.54, 1.807) is 0 Å². The highest BCUT2D eigenvalue weighted by Crippen LogP contribution is 2.19. The maximum absolute atomic E-state index is 10.5. The van der Waals surface area contributed by atoms with Gasteiger partial charge in [0.25, 0.3) is 0 Å². The molecule has 1 aliphatic heterocycles. The quantitative estimate of drug-likeness (QED) is 0.560.